The van der Waals surface area contributed by atoms with Gasteiger partial charge in [-0.15, -0.1) is 0 Å². The molecule has 1 aromatic rings. The van der Waals surface area contributed by atoms with Crippen LogP contribution >= 0.6 is 0 Å². The summed E-state index contributed by atoms with van der Waals surface area (Å²) in [5.74, 6) is 0.781. The highest BCUT2D eigenvalue weighted by Gasteiger charge is 2.28. The first-order valence-corrected chi connectivity index (χ1v) is 8.87. The van der Waals surface area contributed by atoms with Crippen LogP contribution in [0.5, 0.6) is 0 Å². The Balaban J connectivity index is 2.19. The highest BCUT2D eigenvalue weighted by molar-refractivity contribution is 7.91. The van der Waals surface area contributed by atoms with E-state index in [0.29, 0.717) is 23.3 Å². The first-order chi connectivity index (χ1) is 9.44. The van der Waals surface area contributed by atoms with Gasteiger partial charge in [-0.3, -0.25) is 0 Å². The summed E-state index contributed by atoms with van der Waals surface area (Å²) in [6.07, 6.45) is 2.71. The Labute approximate surface area is 121 Å². The molecule has 20 heavy (non-hydrogen) atoms. The molecule has 0 unspecified atom stereocenters. The Kier molecular flexibility index (Phi) is 4.70. The van der Waals surface area contributed by atoms with Crippen molar-refractivity contribution in [3.8, 4) is 0 Å². The number of para-hydroxylation sites is 1. The fraction of sp³-hybridized carbons (Fsp3) is 0.600. The minimum absolute atomic E-state index is 0.201. The minimum atomic E-state index is -3.19. The van der Waals surface area contributed by atoms with Gasteiger partial charge in [0, 0.05) is 19.6 Å². The molecule has 0 amide bonds. The van der Waals surface area contributed by atoms with Crippen molar-refractivity contribution in [3.05, 3.63) is 24.3 Å². The van der Waals surface area contributed by atoms with Crippen LogP contribution in [-0.4, -0.2) is 33.8 Å². The Bertz CT molecular complexity index is 551. The Morgan fingerprint density at radius 3 is 2.55 bits per heavy atom. The van der Waals surface area contributed by atoms with E-state index in [9.17, 15) is 8.42 Å². The molecular weight excluding hydrogens is 272 g/mol. The van der Waals surface area contributed by atoms with Crippen LogP contribution in [0.1, 0.15) is 26.2 Å². The predicted molar refractivity (Wildman–Crippen MR) is 82.8 cm³/mol. The largest absolute Gasteiger partial charge is 0.373 e. The normalized spacial score (nSPS) is 22.4. The molecule has 0 aliphatic heterocycles. The fourth-order valence-corrected chi connectivity index (χ4v) is 4.42. The molecule has 1 aliphatic carbocycles. The fourth-order valence-electron chi connectivity index (χ4n) is 2.84. The second kappa shape index (κ2) is 6.14. The summed E-state index contributed by atoms with van der Waals surface area (Å²) < 4.78 is 24.7. The number of nitrogens with two attached hydrogens (primary N) is 1. The zero-order chi connectivity index (χ0) is 14.8. The van der Waals surface area contributed by atoms with Crippen LogP contribution in [0.15, 0.2) is 29.2 Å². The maximum absolute atomic E-state index is 12.3. The number of anilines is 1. The molecule has 1 fully saturated rings. The molecule has 0 atom stereocenters. The summed E-state index contributed by atoms with van der Waals surface area (Å²) in [7, 11) is -1.23. The average Bonchev–Trinajstić information content (AvgIpc) is 2.37. The van der Waals surface area contributed by atoms with Gasteiger partial charge in [-0.25, -0.2) is 8.42 Å². The molecule has 2 N–H and O–H groups in total. The SMILES string of the molecule is CCCS(=O)(=O)c1ccccc1N(C)CC1CC(N)C1. The van der Waals surface area contributed by atoms with E-state index in [-0.39, 0.29) is 5.75 Å². The van der Waals surface area contributed by atoms with E-state index >= 15 is 0 Å². The van der Waals surface area contributed by atoms with Crippen molar-refractivity contribution in [1.82, 2.24) is 0 Å². The smallest absolute Gasteiger partial charge is 0.180 e. The molecule has 1 saturated carbocycles. The second-order valence-electron chi connectivity index (χ2n) is 5.76. The number of sulfone groups is 1. The van der Waals surface area contributed by atoms with Crippen molar-refractivity contribution in [2.45, 2.75) is 37.1 Å². The van der Waals surface area contributed by atoms with Gasteiger partial charge in [0.25, 0.3) is 0 Å². The average molecular weight is 296 g/mol. The number of benzene rings is 1. The van der Waals surface area contributed by atoms with E-state index in [1.165, 1.54) is 0 Å². The lowest BCUT2D eigenvalue weighted by Gasteiger charge is -2.36. The highest BCUT2D eigenvalue weighted by atomic mass is 32.2. The molecule has 0 aromatic heterocycles. The van der Waals surface area contributed by atoms with Crippen molar-refractivity contribution >= 4 is 15.5 Å². The summed E-state index contributed by atoms with van der Waals surface area (Å²) in [6.45, 7) is 2.76. The van der Waals surface area contributed by atoms with Gasteiger partial charge < -0.3 is 10.6 Å². The minimum Gasteiger partial charge on any atom is -0.373 e. The highest BCUT2D eigenvalue weighted by Crippen LogP contribution is 2.30. The summed E-state index contributed by atoms with van der Waals surface area (Å²) in [5, 5.41) is 0. The quantitative estimate of drug-likeness (QED) is 0.872. The molecule has 112 valence electrons. The van der Waals surface area contributed by atoms with Gasteiger partial charge in [0.05, 0.1) is 16.3 Å². The lowest BCUT2D eigenvalue weighted by Crippen LogP contribution is -2.42. The van der Waals surface area contributed by atoms with Crippen LogP contribution in [0.3, 0.4) is 0 Å². The molecule has 0 bridgehead atoms. The molecule has 0 heterocycles. The van der Waals surface area contributed by atoms with Crippen LogP contribution in [0.2, 0.25) is 0 Å². The van der Waals surface area contributed by atoms with Gasteiger partial charge >= 0.3 is 0 Å². The molecule has 1 aliphatic rings. The zero-order valence-electron chi connectivity index (χ0n) is 12.2. The maximum Gasteiger partial charge on any atom is 0.180 e. The van der Waals surface area contributed by atoms with Gasteiger partial charge in [-0.2, -0.15) is 0 Å². The summed E-state index contributed by atoms with van der Waals surface area (Å²) >= 11 is 0. The summed E-state index contributed by atoms with van der Waals surface area (Å²) in [4.78, 5) is 2.51. The Morgan fingerprint density at radius 2 is 1.95 bits per heavy atom. The van der Waals surface area contributed by atoms with E-state index in [1.54, 1.807) is 12.1 Å². The zero-order valence-corrected chi connectivity index (χ0v) is 13.1. The standard InChI is InChI=1S/C15H24N2O2S/c1-3-8-20(18,19)15-7-5-4-6-14(15)17(2)11-12-9-13(16)10-12/h4-7,12-13H,3,8-11,16H2,1-2H3. The molecule has 4 nitrogen and oxygen atoms in total. The lowest BCUT2D eigenvalue weighted by molar-refractivity contribution is 0.271. The van der Waals surface area contributed by atoms with Crippen molar-refractivity contribution in [3.63, 3.8) is 0 Å². The summed E-state index contributed by atoms with van der Waals surface area (Å²) in [6, 6.07) is 7.61. The van der Waals surface area contributed by atoms with Gasteiger partial charge in [0.15, 0.2) is 9.84 Å². The van der Waals surface area contributed by atoms with E-state index in [2.05, 4.69) is 4.90 Å². The van der Waals surface area contributed by atoms with Crippen LogP contribution in [0.4, 0.5) is 5.69 Å². The Morgan fingerprint density at radius 1 is 1.30 bits per heavy atom. The molecule has 1 aromatic carbocycles. The van der Waals surface area contributed by atoms with Crippen molar-refractivity contribution in [1.29, 1.82) is 0 Å². The molecule has 0 spiro atoms. The molecular formula is C15H24N2O2S. The molecule has 0 saturated heterocycles. The maximum atomic E-state index is 12.3. The van der Waals surface area contributed by atoms with E-state index in [0.717, 1.165) is 25.1 Å². The molecule has 2 rings (SSSR count). The lowest BCUT2D eigenvalue weighted by atomic mass is 9.80. The summed E-state index contributed by atoms with van der Waals surface area (Å²) in [5.41, 5.74) is 6.61. The van der Waals surface area contributed by atoms with E-state index in [1.807, 2.05) is 26.1 Å². The van der Waals surface area contributed by atoms with Gasteiger partial charge in [0.2, 0.25) is 0 Å². The number of nitrogens with zero attached hydrogens (tertiary/aromatic N) is 1. The van der Waals surface area contributed by atoms with Gasteiger partial charge in [0.1, 0.15) is 0 Å². The van der Waals surface area contributed by atoms with Gasteiger partial charge in [-0.05, 0) is 37.3 Å². The predicted octanol–water partition coefficient (Wildman–Crippen LogP) is 2.04. The second-order valence-corrected chi connectivity index (χ2v) is 7.84. The third-order valence-electron chi connectivity index (χ3n) is 3.89. The third-order valence-corrected chi connectivity index (χ3v) is 5.85. The van der Waals surface area contributed by atoms with Crippen LogP contribution in [0.25, 0.3) is 0 Å². The van der Waals surface area contributed by atoms with E-state index < -0.39 is 9.84 Å². The molecule has 0 radical (unpaired) electrons. The Hall–Kier alpha value is -1.07. The topological polar surface area (TPSA) is 63.4 Å². The van der Waals surface area contributed by atoms with Gasteiger partial charge in [-0.1, -0.05) is 19.1 Å². The van der Waals surface area contributed by atoms with Crippen molar-refractivity contribution < 1.29 is 8.42 Å². The van der Waals surface area contributed by atoms with Crippen LogP contribution in [-0.2, 0) is 9.84 Å². The van der Waals surface area contributed by atoms with Crippen LogP contribution < -0.4 is 10.6 Å². The third kappa shape index (κ3) is 3.33. The number of hydrogen-bond acceptors (Lipinski definition) is 4. The number of rotatable bonds is 6. The first kappa shape index (κ1) is 15.3. The van der Waals surface area contributed by atoms with Crippen molar-refractivity contribution in [2.75, 3.05) is 24.2 Å². The van der Waals surface area contributed by atoms with Crippen LogP contribution in [0, 0.1) is 5.92 Å². The first-order valence-electron chi connectivity index (χ1n) is 7.22. The van der Waals surface area contributed by atoms with E-state index in [4.69, 9.17) is 5.73 Å². The molecule has 5 heteroatoms. The number of hydrogen-bond donors (Lipinski definition) is 1. The monoisotopic (exact) mass is 296 g/mol. The van der Waals surface area contributed by atoms with Crippen molar-refractivity contribution in [2.24, 2.45) is 11.7 Å².